The predicted octanol–water partition coefficient (Wildman–Crippen LogP) is 13.0. The fraction of sp³-hybridized carbons (Fsp3) is 0.0400. The van der Waals surface area contributed by atoms with E-state index in [0.717, 1.165) is 50.0 Å². The van der Waals surface area contributed by atoms with Crippen molar-refractivity contribution in [3.8, 4) is 28.3 Å². The summed E-state index contributed by atoms with van der Waals surface area (Å²) in [6.45, 7) is -4.34. The van der Waals surface area contributed by atoms with Gasteiger partial charge in [0.05, 0.1) is 22.4 Å². The molecule has 0 saturated carbocycles. The van der Waals surface area contributed by atoms with E-state index in [1.807, 2.05) is 24.3 Å². The Morgan fingerprint density at radius 1 is 0.600 bits per heavy atom. The first-order chi connectivity index (χ1) is 29.0. The van der Waals surface area contributed by atoms with Gasteiger partial charge in [-0.1, -0.05) is 121 Å². The Balaban J connectivity index is 0.000000193. The predicted molar refractivity (Wildman–Crippen MR) is 223 cm³/mol. The maximum absolute atomic E-state index is 7.28. The van der Waals surface area contributed by atoms with Crippen molar-refractivity contribution in [1.82, 2.24) is 14.5 Å². The number of aromatic nitrogens is 3. The van der Waals surface area contributed by atoms with E-state index in [-0.39, 0.29) is 31.2 Å². The van der Waals surface area contributed by atoms with Crippen LogP contribution in [0, 0.1) is 25.8 Å². The van der Waals surface area contributed by atoms with Gasteiger partial charge in [-0.2, -0.15) is 0 Å². The van der Waals surface area contributed by atoms with Gasteiger partial charge in [0.25, 0.3) is 0 Å². The van der Waals surface area contributed by atoms with Gasteiger partial charge in [0.1, 0.15) is 5.58 Å². The molecule has 11 rings (SSSR count). The van der Waals surface area contributed by atoms with Crippen LogP contribution in [0.2, 0.25) is 0 Å². The van der Waals surface area contributed by atoms with Crippen LogP contribution in [0.4, 0.5) is 0 Å². The van der Waals surface area contributed by atoms with E-state index in [2.05, 4.69) is 125 Å². The molecule has 0 amide bonds. The van der Waals surface area contributed by atoms with Gasteiger partial charge in [0.15, 0.2) is 0 Å². The summed E-state index contributed by atoms with van der Waals surface area (Å²) in [7, 11) is 0. The molecule has 5 heteroatoms. The zero-order chi connectivity index (χ0) is 41.2. The van der Waals surface area contributed by atoms with Crippen molar-refractivity contribution in [3.05, 3.63) is 187 Å². The smallest absolute Gasteiger partial charge is 0.120 e. The fourth-order valence-electron chi connectivity index (χ4n) is 7.55. The van der Waals surface area contributed by atoms with Crippen molar-refractivity contribution < 1.29 is 32.7 Å². The number of aryl methyl sites for hydroxylation is 2. The van der Waals surface area contributed by atoms with Crippen molar-refractivity contribution in [2.75, 3.05) is 0 Å². The molecule has 0 unspecified atom stereocenters. The topological polar surface area (TPSA) is 43.9 Å². The Morgan fingerprint density at radius 3 is 2.00 bits per heavy atom. The summed E-state index contributed by atoms with van der Waals surface area (Å²) in [4.78, 5) is 9.28. The van der Waals surface area contributed by atoms with E-state index < -0.39 is 13.7 Å². The molecule has 11 aromatic rings. The fourth-order valence-corrected chi connectivity index (χ4v) is 7.55. The number of rotatable bonds is 3. The Bertz CT molecular complexity index is 3310. The van der Waals surface area contributed by atoms with Gasteiger partial charge in [-0.15, -0.1) is 53.6 Å². The average Bonchev–Trinajstić information content (AvgIpc) is 3.85. The number of hydrogen-bond acceptors (Lipinski definition) is 3. The minimum absolute atomic E-state index is 0. The molecule has 0 spiro atoms. The summed E-state index contributed by atoms with van der Waals surface area (Å²) < 4.78 is 52.4. The summed E-state index contributed by atoms with van der Waals surface area (Å²) in [5, 5.41) is 9.57. The minimum Gasteiger partial charge on any atom is -0.501 e. The maximum atomic E-state index is 7.28. The van der Waals surface area contributed by atoms with Crippen LogP contribution in [0.5, 0.6) is 0 Å². The largest absolute Gasteiger partial charge is 0.501 e. The van der Waals surface area contributed by atoms with Gasteiger partial charge in [0, 0.05) is 51.0 Å². The van der Waals surface area contributed by atoms with E-state index in [0.29, 0.717) is 11.3 Å². The quantitative estimate of drug-likeness (QED) is 0.131. The molecule has 0 saturated heterocycles. The van der Waals surface area contributed by atoms with Crippen LogP contribution in [-0.2, 0) is 20.1 Å². The second-order valence-corrected chi connectivity index (χ2v) is 13.2. The first-order valence-electron chi connectivity index (χ1n) is 20.7. The number of benzene rings is 8. The van der Waals surface area contributed by atoms with E-state index >= 15 is 0 Å². The van der Waals surface area contributed by atoms with Gasteiger partial charge >= 0.3 is 0 Å². The molecule has 265 valence electrons. The third kappa shape index (κ3) is 5.90. The number of imidazole rings is 1. The van der Waals surface area contributed by atoms with Crippen LogP contribution in [0.15, 0.2) is 168 Å². The second-order valence-electron chi connectivity index (χ2n) is 13.2. The summed E-state index contributed by atoms with van der Waals surface area (Å²) in [6.07, 6.45) is 1.30. The number of para-hydroxylation sites is 3. The van der Waals surface area contributed by atoms with Crippen LogP contribution < -0.4 is 0 Å². The number of nitrogens with zero attached hydrogens (tertiary/aromatic N) is 3. The average molecular weight is 890 g/mol. The first kappa shape index (κ1) is 28.1. The molecule has 0 bridgehead atoms. The van der Waals surface area contributed by atoms with Crippen molar-refractivity contribution in [3.63, 3.8) is 0 Å². The zero-order valence-corrected chi connectivity index (χ0v) is 31.6. The van der Waals surface area contributed by atoms with Gasteiger partial charge in [-0.05, 0) is 69.3 Å². The molecular formula is C50H33IrN3O-2. The molecule has 3 heterocycles. The van der Waals surface area contributed by atoms with E-state index in [1.54, 1.807) is 12.1 Å². The molecule has 8 aromatic carbocycles. The Hall–Kier alpha value is -6.39. The summed E-state index contributed by atoms with van der Waals surface area (Å²) in [5.74, 6) is 0.815. The molecule has 0 aliphatic heterocycles. The molecule has 55 heavy (non-hydrogen) atoms. The molecular weight excluding hydrogens is 851 g/mol. The first-order valence-corrected chi connectivity index (χ1v) is 17.7. The summed E-state index contributed by atoms with van der Waals surface area (Å²) >= 11 is 0. The van der Waals surface area contributed by atoms with Gasteiger partial charge < -0.3 is 14.0 Å². The molecule has 0 fully saturated rings. The molecule has 0 atom stereocenters. The standard InChI is InChI=1S/C37H21N2O.C13H12N.Ir/c1-2-12-25-23(11-1)24-13-3-4-15-27(24)35-28(25)16-10-21-33(35)39-32-20-7-6-19-31(32)38-37(39)30-18-9-17-29-26-14-5-8-22-34(26)40-36(29)30;1-10-3-6-12(7-4-10)13-8-5-11(2)9-14-13;/h1-17,19-22H;3-6,8-9H,1-2H3;/q2*-1;/i;1D3,2D3;. The Labute approximate surface area is 340 Å². The zero-order valence-electron chi connectivity index (χ0n) is 35.2. The van der Waals surface area contributed by atoms with E-state index in [1.165, 1.54) is 56.7 Å². The minimum atomic E-state index is -2.18. The van der Waals surface area contributed by atoms with Gasteiger partial charge in [0.2, 0.25) is 0 Å². The number of furan rings is 1. The SMILES string of the molecule is [2H]C([2H])([2H])c1c[c-]c(-c2ccc(C([2H])([2H])[2H])cn2)cc1.[Ir].[c-]1ccc2c(oc3ccccc32)c1-c1nc2ccccc2n1-c1cccc2c3ccccc3c3ccccc3c12. The molecule has 0 aliphatic carbocycles. The number of fused-ring (bicyclic) bond motifs is 10. The Morgan fingerprint density at radius 2 is 1.27 bits per heavy atom. The molecule has 0 aliphatic rings. The van der Waals surface area contributed by atoms with Gasteiger partial charge in [-0.3, -0.25) is 4.98 Å². The van der Waals surface area contributed by atoms with Crippen molar-refractivity contribution in [2.24, 2.45) is 0 Å². The third-order valence-corrected chi connectivity index (χ3v) is 9.96. The monoisotopic (exact) mass is 890 g/mol. The van der Waals surface area contributed by atoms with Crippen molar-refractivity contribution >= 4 is 65.3 Å². The maximum Gasteiger partial charge on any atom is 0.120 e. The molecule has 1 radical (unpaired) electrons. The Kier molecular flexibility index (Phi) is 7.21. The van der Waals surface area contributed by atoms with Crippen LogP contribution in [0.1, 0.15) is 19.4 Å². The van der Waals surface area contributed by atoms with Crippen molar-refractivity contribution in [1.29, 1.82) is 0 Å². The third-order valence-electron chi connectivity index (χ3n) is 9.96. The van der Waals surface area contributed by atoms with Crippen molar-refractivity contribution in [2.45, 2.75) is 13.7 Å². The summed E-state index contributed by atoms with van der Waals surface area (Å²) in [6, 6.07) is 58.5. The number of hydrogen-bond donors (Lipinski definition) is 0. The van der Waals surface area contributed by atoms with Crippen LogP contribution in [0.25, 0.3) is 93.6 Å². The molecule has 0 N–H and O–H groups in total. The van der Waals surface area contributed by atoms with E-state index in [4.69, 9.17) is 17.6 Å². The normalized spacial score (nSPS) is 13.4. The van der Waals surface area contributed by atoms with Gasteiger partial charge in [-0.25, -0.2) is 0 Å². The number of pyridine rings is 1. The second kappa shape index (κ2) is 14.1. The van der Waals surface area contributed by atoms with Crippen LogP contribution in [0.3, 0.4) is 0 Å². The molecule has 3 aromatic heterocycles. The van der Waals surface area contributed by atoms with Crippen LogP contribution >= 0.6 is 0 Å². The summed E-state index contributed by atoms with van der Waals surface area (Å²) in [5.41, 5.74) is 7.13. The van der Waals surface area contributed by atoms with E-state index in [9.17, 15) is 0 Å². The molecule has 4 nitrogen and oxygen atoms in total. The van der Waals surface area contributed by atoms with Crippen LogP contribution in [-0.4, -0.2) is 14.5 Å².